The number of hydrogen-bond donors (Lipinski definition) is 2. The highest BCUT2D eigenvalue weighted by atomic mass is 16.5. The zero-order chi connectivity index (χ0) is 19.8. The monoisotopic (exact) mass is 379 g/mol. The third-order valence-corrected chi connectivity index (χ3v) is 4.08. The molecule has 0 saturated carbocycles. The summed E-state index contributed by atoms with van der Waals surface area (Å²) in [4.78, 5) is 48.8. The van der Waals surface area contributed by atoms with E-state index in [1.54, 1.807) is 12.1 Å². The van der Waals surface area contributed by atoms with E-state index >= 15 is 0 Å². The summed E-state index contributed by atoms with van der Waals surface area (Å²) in [6.45, 7) is 4.41. The number of nitrogens with zero attached hydrogens (tertiary/aromatic N) is 1. The Labute approximate surface area is 157 Å². The van der Waals surface area contributed by atoms with Crippen molar-refractivity contribution in [3.05, 3.63) is 24.2 Å². The molecule has 1 fully saturated rings. The molecule has 148 valence electrons. The van der Waals surface area contributed by atoms with E-state index in [1.165, 1.54) is 11.2 Å². The first-order valence-corrected chi connectivity index (χ1v) is 8.89. The van der Waals surface area contributed by atoms with Gasteiger partial charge in [-0.15, -0.1) is 0 Å². The zero-order valence-corrected chi connectivity index (χ0v) is 15.5. The van der Waals surface area contributed by atoms with E-state index in [-0.39, 0.29) is 25.4 Å². The number of ether oxygens (including phenoxy) is 1. The Morgan fingerprint density at radius 1 is 1.37 bits per heavy atom. The number of carbonyl (C=O) groups excluding carboxylic acids is 4. The van der Waals surface area contributed by atoms with Crippen LogP contribution in [0.25, 0.3) is 0 Å². The van der Waals surface area contributed by atoms with Gasteiger partial charge < -0.3 is 19.4 Å². The first-order valence-electron chi connectivity index (χ1n) is 8.89. The van der Waals surface area contributed by atoms with Crippen molar-refractivity contribution in [3.63, 3.8) is 0 Å². The Bertz CT molecular complexity index is 671. The average Bonchev–Trinajstić information content (AvgIpc) is 3.23. The molecule has 1 aliphatic rings. The van der Waals surface area contributed by atoms with Crippen molar-refractivity contribution in [2.24, 2.45) is 11.8 Å². The standard InChI is InChI=1S/C18H25N3O6/c1-12(2)5-6-19-18(25)20-15(22)11-27-17(24)13-8-16(23)21(9-13)10-14-4-3-7-26-14/h3-4,7,12-13H,5-6,8-11H2,1-2H3,(H2,19,20,22,25)/t13-/m1/s1. The molecule has 9 heteroatoms. The molecule has 0 aliphatic carbocycles. The fourth-order valence-corrected chi connectivity index (χ4v) is 2.61. The average molecular weight is 379 g/mol. The second kappa shape index (κ2) is 9.75. The summed E-state index contributed by atoms with van der Waals surface area (Å²) in [7, 11) is 0. The summed E-state index contributed by atoms with van der Waals surface area (Å²) < 4.78 is 10.1. The molecular weight excluding hydrogens is 354 g/mol. The smallest absolute Gasteiger partial charge is 0.321 e. The van der Waals surface area contributed by atoms with Gasteiger partial charge in [-0.1, -0.05) is 13.8 Å². The molecule has 1 aliphatic heterocycles. The van der Waals surface area contributed by atoms with Crippen molar-refractivity contribution in [2.75, 3.05) is 19.7 Å². The van der Waals surface area contributed by atoms with Crippen molar-refractivity contribution in [1.82, 2.24) is 15.5 Å². The van der Waals surface area contributed by atoms with Crippen LogP contribution in [0.3, 0.4) is 0 Å². The molecule has 4 amide bonds. The van der Waals surface area contributed by atoms with E-state index in [0.29, 0.717) is 18.2 Å². The predicted octanol–water partition coefficient (Wildman–Crippen LogP) is 1.04. The van der Waals surface area contributed by atoms with Crippen LogP contribution in [0, 0.1) is 11.8 Å². The summed E-state index contributed by atoms with van der Waals surface area (Å²) in [6.07, 6.45) is 2.33. The van der Waals surface area contributed by atoms with Gasteiger partial charge in [0.2, 0.25) is 5.91 Å². The number of nitrogens with one attached hydrogen (secondary N) is 2. The Morgan fingerprint density at radius 3 is 2.81 bits per heavy atom. The normalized spacial score (nSPS) is 16.5. The predicted molar refractivity (Wildman–Crippen MR) is 94.2 cm³/mol. The van der Waals surface area contributed by atoms with Crippen LogP contribution < -0.4 is 10.6 Å². The minimum Gasteiger partial charge on any atom is -0.467 e. The molecule has 2 rings (SSSR count). The molecule has 0 unspecified atom stereocenters. The van der Waals surface area contributed by atoms with Crippen LogP contribution in [-0.2, 0) is 25.7 Å². The quantitative estimate of drug-likeness (QED) is 0.652. The second-order valence-corrected chi connectivity index (χ2v) is 6.85. The number of rotatable bonds is 8. The van der Waals surface area contributed by atoms with Gasteiger partial charge in [-0.05, 0) is 24.5 Å². The van der Waals surface area contributed by atoms with Crippen molar-refractivity contribution < 1.29 is 28.3 Å². The highest BCUT2D eigenvalue weighted by Gasteiger charge is 2.35. The van der Waals surface area contributed by atoms with Gasteiger partial charge in [-0.2, -0.15) is 0 Å². The highest BCUT2D eigenvalue weighted by Crippen LogP contribution is 2.21. The number of esters is 1. The molecule has 0 radical (unpaired) electrons. The van der Waals surface area contributed by atoms with E-state index in [4.69, 9.17) is 9.15 Å². The van der Waals surface area contributed by atoms with Gasteiger partial charge in [0.05, 0.1) is 18.7 Å². The number of imide groups is 1. The van der Waals surface area contributed by atoms with Gasteiger partial charge >= 0.3 is 12.0 Å². The minimum atomic E-state index is -0.720. The van der Waals surface area contributed by atoms with E-state index < -0.39 is 30.4 Å². The maximum Gasteiger partial charge on any atom is 0.321 e. The lowest BCUT2D eigenvalue weighted by atomic mass is 10.1. The number of furan rings is 1. The lowest BCUT2D eigenvalue weighted by Gasteiger charge is -2.14. The van der Waals surface area contributed by atoms with Crippen LogP contribution in [0.5, 0.6) is 0 Å². The fraction of sp³-hybridized carbons (Fsp3) is 0.556. The van der Waals surface area contributed by atoms with Gasteiger partial charge in [0.25, 0.3) is 5.91 Å². The number of amides is 4. The van der Waals surface area contributed by atoms with Crippen LogP contribution in [-0.4, -0.2) is 48.4 Å². The Morgan fingerprint density at radius 2 is 2.15 bits per heavy atom. The number of carbonyl (C=O) groups is 4. The Balaban J connectivity index is 1.68. The molecule has 2 N–H and O–H groups in total. The first kappa shape index (κ1) is 20.5. The number of hydrogen-bond acceptors (Lipinski definition) is 6. The van der Waals surface area contributed by atoms with Crippen LogP contribution >= 0.6 is 0 Å². The Kier molecular flexibility index (Phi) is 7.39. The maximum atomic E-state index is 12.1. The lowest BCUT2D eigenvalue weighted by Crippen LogP contribution is -2.42. The lowest BCUT2D eigenvalue weighted by molar-refractivity contribution is -0.152. The molecule has 1 aromatic heterocycles. The molecule has 0 spiro atoms. The van der Waals surface area contributed by atoms with Gasteiger partial charge in [0.15, 0.2) is 6.61 Å². The minimum absolute atomic E-state index is 0.0247. The van der Waals surface area contributed by atoms with Gasteiger partial charge in [0, 0.05) is 19.5 Å². The molecule has 1 saturated heterocycles. The van der Waals surface area contributed by atoms with Crippen molar-refractivity contribution in [2.45, 2.75) is 33.2 Å². The summed E-state index contributed by atoms with van der Waals surface area (Å²) >= 11 is 0. The van der Waals surface area contributed by atoms with Crippen LogP contribution in [0.15, 0.2) is 22.8 Å². The maximum absolute atomic E-state index is 12.1. The third-order valence-electron chi connectivity index (χ3n) is 4.08. The van der Waals surface area contributed by atoms with E-state index in [9.17, 15) is 19.2 Å². The van der Waals surface area contributed by atoms with Crippen LogP contribution in [0.1, 0.15) is 32.4 Å². The summed E-state index contributed by atoms with van der Waals surface area (Å²) in [5.74, 6) is -1.12. The van der Waals surface area contributed by atoms with Crippen LogP contribution in [0.4, 0.5) is 4.79 Å². The number of likely N-dealkylation sites (tertiary alicyclic amines) is 1. The SMILES string of the molecule is CC(C)CCNC(=O)NC(=O)COC(=O)[C@@H]1CC(=O)N(Cc2ccco2)C1. The fourth-order valence-electron chi connectivity index (χ4n) is 2.61. The molecule has 1 atom stereocenters. The molecular formula is C18H25N3O6. The summed E-state index contributed by atoms with van der Waals surface area (Å²) in [5, 5.41) is 4.64. The third kappa shape index (κ3) is 6.76. The topological polar surface area (TPSA) is 118 Å². The molecule has 1 aromatic rings. The van der Waals surface area contributed by atoms with Crippen LogP contribution in [0.2, 0.25) is 0 Å². The zero-order valence-electron chi connectivity index (χ0n) is 15.5. The molecule has 0 aromatic carbocycles. The van der Waals surface area contributed by atoms with E-state index in [0.717, 1.165) is 6.42 Å². The largest absolute Gasteiger partial charge is 0.467 e. The molecule has 0 bridgehead atoms. The Hall–Kier alpha value is -2.84. The van der Waals surface area contributed by atoms with E-state index in [1.807, 2.05) is 13.8 Å². The highest BCUT2D eigenvalue weighted by molar-refractivity contribution is 5.96. The molecule has 9 nitrogen and oxygen atoms in total. The van der Waals surface area contributed by atoms with Gasteiger partial charge in [-0.3, -0.25) is 19.7 Å². The molecule has 2 heterocycles. The van der Waals surface area contributed by atoms with Crippen molar-refractivity contribution in [3.8, 4) is 0 Å². The van der Waals surface area contributed by atoms with E-state index in [2.05, 4.69) is 10.6 Å². The van der Waals surface area contributed by atoms with Crippen molar-refractivity contribution in [1.29, 1.82) is 0 Å². The number of urea groups is 1. The van der Waals surface area contributed by atoms with Crippen molar-refractivity contribution >= 4 is 23.8 Å². The second-order valence-electron chi connectivity index (χ2n) is 6.85. The summed E-state index contributed by atoms with van der Waals surface area (Å²) in [6, 6.07) is 2.84. The molecule has 27 heavy (non-hydrogen) atoms. The van der Waals surface area contributed by atoms with Gasteiger partial charge in [0.1, 0.15) is 5.76 Å². The summed E-state index contributed by atoms with van der Waals surface area (Å²) in [5.41, 5.74) is 0. The van der Waals surface area contributed by atoms with Gasteiger partial charge in [-0.25, -0.2) is 4.79 Å². The first-order chi connectivity index (χ1) is 12.8.